The third-order valence-corrected chi connectivity index (χ3v) is 9.94. The van der Waals surface area contributed by atoms with Crippen molar-refractivity contribution < 1.29 is 133 Å². The van der Waals surface area contributed by atoms with Gasteiger partial charge in [-0.05, 0) is 43.8 Å². The zero-order chi connectivity index (χ0) is 27.8. The fourth-order valence-electron chi connectivity index (χ4n) is 7.60. The molecule has 3 rings (SSSR count). The molecule has 2 bridgehead atoms. The molecule has 0 saturated heterocycles. The number of Topliss-reactive ketones (excluding diaryl/α,β-unsaturated/α-hetero) is 1. The molecule has 0 spiro atoms. The molecule has 2 fully saturated rings. The van der Waals surface area contributed by atoms with E-state index in [0.717, 1.165) is 0 Å². The summed E-state index contributed by atoms with van der Waals surface area (Å²) in [4.78, 5) is 26.7. The van der Waals surface area contributed by atoms with E-state index in [1.54, 1.807) is 41.5 Å². The van der Waals surface area contributed by atoms with Gasteiger partial charge in [-0.3, -0.25) is 4.79 Å². The Labute approximate surface area is 297 Å². The Balaban J connectivity index is 0.00000361. The molecular weight excluding hydrogens is 922 g/mol. The quantitative estimate of drug-likeness (QED) is 0.206. The first-order valence-corrected chi connectivity index (χ1v) is 12.8. The number of fused-ring (bicyclic) bond motifs is 3. The van der Waals surface area contributed by atoms with Gasteiger partial charge in [-0.15, -0.1) is 0 Å². The van der Waals surface area contributed by atoms with Gasteiger partial charge in [0.25, 0.3) is 0 Å². The van der Waals surface area contributed by atoms with E-state index in [2.05, 4.69) is 0 Å². The van der Waals surface area contributed by atoms with Crippen LogP contribution in [0.5, 0.6) is 0 Å². The van der Waals surface area contributed by atoms with Crippen molar-refractivity contribution in [1.82, 2.24) is 0 Å². The fourth-order valence-corrected chi connectivity index (χ4v) is 7.60. The van der Waals surface area contributed by atoms with Gasteiger partial charge in [0.05, 0.1) is 28.8 Å². The maximum atomic E-state index is 14.0. The number of carbonyl (C=O) groups is 2. The van der Waals surface area contributed by atoms with Crippen LogP contribution in [0.4, 0.5) is 0 Å². The van der Waals surface area contributed by atoms with Crippen LogP contribution in [0.3, 0.4) is 0 Å². The van der Waals surface area contributed by atoms with Gasteiger partial charge in [0.15, 0.2) is 11.9 Å². The topological polar surface area (TPSA) is 154 Å². The summed E-state index contributed by atoms with van der Waals surface area (Å²) in [5, 5.41) is 57.2. The Morgan fingerprint density at radius 1 is 1.08 bits per heavy atom. The molecule has 0 amide bonds. The van der Waals surface area contributed by atoms with Crippen LogP contribution in [-0.4, -0.2) is 86.1 Å². The van der Waals surface area contributed by atoms with Gasteiger partial charge in [0, 0.05) is 119 Å². The third-order valence-electron chi connectivity index (χ3n) is 9.94. The maximum absolute atomic E-state index is 14.0. The van der Waals surface area contributed by atoms with Crippen molar-refractivity contribution >= 4 is 11.8 Å². The van der Waals surface area contributed by atoms with Crippen LogP contribution in [-0.2, 0) is 19.1 Å². The summed E-state index contributed by atoms with van der Waals surface area (Å²) in [5.41, 5.74) is -5.42. The van der Waals surface area contributed by atoms with Crippen molar-refractivity contribution in [3.05, 3.63) is 11.1 Å². The van der Waals surface area contributed by atoms with E-state index in [4.69, 9.17) is 9.47 Å². The van der Waals surface area contributed by atoms with Crippen LogP contribution >= 0.6 is 0 Å². The smallest absolute Gasteiger partial charge is 0.335 e. The first-order valence-electron chi connectivity index (χ1n) is 12.8. The molecular formula is C27H44Ac2O9. The van der Waals surface area contributed by atoms with Crippen LogP contribution in [0.25, 0.3) is 0 Å². The second kappa shape index (κ2) is 12.6. The monoisotopic (exact) mass is 966 g/mol. The summed E-state index contributed by atoms with van der Waals surface area (Å²) in [6.07, 6.45) is -6.25. The molecule has 0 aromatic rings. The molecule has 0 aliphatic heterocycles. The summed E-state index contributed by atoms with van der Waals surface area (Å²) < 4.78 is 11.2. The van der Waals surface area contributed by atoms with Gasteiger partial charge in [-0.25, -0.2) is 4.79 Å². The number of ketones is 1. The molecule has 0 aromatic heterocycles. The van der Waals surface area contributed by atoms with E-state index in [-0.39, 0.29) is 107 Å². The van der Waals surface area contributed by atoms with Gasteiger partial charge in [0.1, 0.15) is 12.2 Å². The average molecular weight is 967 g/mol. The molecule has 3 aliphatic carbocycles. The Bertz CT molecular complexity index is 949. The molecule has 11 heteroatoms. The summed E-state index contributed by atoms with van der Waals surface area (Å²) >= 11 is 0. The molecule has 38 heavy (non-hydrogen) atoms. The molecule has 2 saturated carbocycles. The minimum absolute atomic E-state index is 0. The normalized spacial score (nSPS) is 43.2. The Morgan fingerprint density at radius 3 is 2.08 bits per heavy atom. The fraction of sp³-hybridized carbons (Fsp3) is 0.852. The van der Waals surface area contributed by atoms with Gasteiger partial charge in [0.2, 0.25) is 0 Å². The number of aliphatic hydroxyl groups excluding tert-OH is 3. The first kappa shape index (κ1) is 37.5. The van der Waals surface area contributed by atoms with Gasteiger partial charge >= 0.3 is 5.97 Å². The van der Waals surface area contributed by atoms with Crippen molar-refractivity contribution in [2.24, 2.45) is 28.6 Å². The summed E-state index contributed by atoms with van der Waals surface area (Å²) in [7, 11) is 1.41. The summed E-state index contributed by atoms with van der Waals surface area (Å²) in [5.74, 6) is -3.74. The van der Waals surface area contributed by atoms with E-state index < -0.39 is 82.1 Å². The van der Waals surface area contributed by atoms with Crippen molar-refractivity contribution in [2.75, 3.05) is 7.11 Å². The number of aliphatic hydroxyl groups is 5. The average Bonchev–Trinajstić information content (AvgIpc) is 2.77. The minimum atomic E-state index is -1.72. The zero-order valence-electron chi connectivity index (χ0n) is 24.1. The first-order chi connectivity index (χ1) is 16.3. The number of carbonyl (C=O) groups excluding carboxylic acids is 2. The molecule has 2 radical (unpaired) electrons. The SMILES string of the molecule is COC1CC(O)[C@@]2(C)C(=O)C(O)C3=C(C)C(OC(=O)C(O)C(C)C)CC(O)([C@@H](C)C2C1(C)O)C3(C)C.[Ac].[Ac]. The van der Waals surface area contributed by atoms with E-state index in [1.807, 2.05) is 0 Å². The molecule has 0 aromatic carbocycles. The molecule has 212 valence electrons. The molecule has 5 N–H and O–H groups in total. The van der Waals surface area contributed by atoms with Crippen LogP contribution in [0.1, 0.15) is 68.2 Å². The molecule has 10 atom stereocenters. The molecule has 0 heterocycles. The van der Waals surface area contributed by atoms with E-state index in [0.29, 0.717) is 5.57 Å². The van der Waals surface area contributed by atoms with Gasteiger partial charge in [-0.2, -0.15) is 0 Å². The molecule has 3 aliphatic rings. The number of ether oxygens (including phenoxy) is 2. The second-order valence-electron chi connectivity index (χ2n) is 12.5. The Morgan fingerprint density at radius 2 is 1.61 bits per heavy atom. The van der Waals surface area contributed by atoms with Crippen molar-refractivity contribution in [3.63, 3.8) is 0 Å². The predicted molar refractivity (Wildman–Crippen MR) is 131 cm³/mol. The van der Waals surface area contributed by atoms with Crippen LogP contribution in [0.15, 0.2) is 11.1 Å². The number of rotatable bonds is 4. The van der Waals surface area contributed by atoms with Gasteiger partial charge < -0.3 is 35.0 Å². The largest absolute Gasteiger partial charge is 0.456 e. The van der Waals surface area contributed by atoms with Crippen LogP contribution < -0.4 is 0 Å². The maximum Gasteiger partial charge on any atom is 0.335 e. The zero-order valence-corrected chi connectivity index (χ0v) is 33.5. The number of hydrogen-bond donors (Lipinski definition) is 5. The molecule has 9 nitrogen and oxygen atoms in total. The van der Waals surface area contributed by atoms with Crippen molar-refractivity contribution in [1.29, 1.82) is 0 Å². The standard InChI is InChI=1S/C27H44O9.2Ac/c1-12(2)19(29)23(32)36-15-11-27(34)14(4)21-25(7,16(28)10-17(35-9)26(21,8)33)22(31)20(30)18(13(15)3)24(27,5)6;;/h12,14-17,19-21,28-30,33-34H,10-11H2,1-9H3;;/t14-,15?,16?,17?,19?,20?,21?,25+,26?,27?;;/m0../s1. The number of esters is 1. The van der Waals surface area contributed by atoms with Crippen molar-refractivity contribution in [3.8, 4) is 0 Å². The second-order valence-corrected chi connectivity index (χ2v) is 12.5. The van der Waals surface area contributed by atoms with Gasteiger partial charge in [-0.1, -0.05) is 34.6 Å². The third kappa shape index (κ3) is 5.49. The van der Waals surface area contributed by atoms with Crippen LogP contribution in [0.2, 0.25) is 0 Å². The van der Waals surface area contributed by atoms with E-state index in [1.165, 1.54) is 21.0 Å². The van der Waals surface area contributed by atoms with Crippen LogP contribution in [0, 0.1) is 117 Å². The predicted octanol–water partition coefficient (Wildman–Crippen LogP) is 1.13. The number of methoxy groups -OCH3 is 1. The summed E-state index contributed by atoms with van der Waals surface area (Å²) in [6.45, 7) is 13.2. The van der Waals surface area contributed by atoms with Crippen molar-refractivity contribution in [2.45, 2.75) is 110 Å². The van der Waals surface area contributed by atoms with E-state index >= 15 is 0 Å². The molecule has 8 unspecified atom stereocenters. The Kier molecular flexibility index (Phi) is 12.5. The van der Waals surface area contributed by atoms with E-state index in [9.17, 15) is 35.1 Å². The Hall–Kier alpha value is 1.52. The minimum Gasteiger partial charge on any atom is -0.456 e. The summed E-state index contributed by atoms with van der Waals surface area (Å²) in [6, 6.07) is 0. The number of hydrogen-bond acceptors (Lipinski definition) is 9.